The van der Waals surface area contributed by atoms with Crippen molar-refractivity contribution in [3.05, 3.63) is 59.2 Å². The molecule has 7 heteroatoms. The van der Waals surface area contributed by atoms with Gasteiger partial charge < -0.3 is 19.0 Å². The van der Waals surface area contributed by atoms with E-state index in [1.54, 1.807) is 33.4 Å². The van der Waals surface area contributed by atoms with Crippen molar-refractivity contribution in [1.29, 1.82) is 5.41 Å². The van der Waals surface area contributed by atoms with Crippen molar-refractivity contribution in [2.75, 3.05) is 6.61 Å². The molecule has 3 aromatic rings. The van der Waals surface area contributed by atoms with Crippen LogP contribution < -0.4 is 10.4 Å². The molecule has 2 aromatic carbocycles. The number of aromatic nitrogens is 2. The van der Waals surface area contributed by atoms with Gasteiger partial charge in [-0.15, -0.1) is 12.4 Å². The molecule has 3 rings (SSSR count). The molecule has 0 saturated carbocycles. The first kappa shape index (κ1) is 18.4. The number of fused-ring (bicyclic) bond motifs is 1. The number of benzene rings is 2. The van der Waals surface area contributed by atoms with Crippen LogP contribution in [0.5, 0.6) is 5.75 Å². The Balaban J connectivity index is 0.00000208. The lowest BCUT2D eigenvalue weighted by Gasteiger charge is -2.13. The molecular formula is C17H19Cl2N3O2. The molecule has 1 heterocycles. The number of rotatable bonds is 5. The molecule has 128 valence electrons. The van der Waals surface area contributed by atoms with Crippen molar-refractivity contribution in [1.82, 2.24) is 9.13 Å². The van der Waals surface area contributed by atoms with Gasteiger partial charge in [0.2, 0.25) is 5.62 Å². The fourth-order valence-corrected chi connectivity index (χ4v) is 2.68. The summed E-state index contributed by atoms with van der Waals surface area (Å²) in [5.41, 5.74) is 2.23. The Kier molecular flexibility index (Phi) is 5.94. The van der Waals surface area contributed by atoms with Gasteiger partial charge in [0.15, 0.2) is 0 Å². The van der Waals surface area contributed by atoms with Gasteiger partial charge in [-0.25, -0.2) is 0 Å². The van der Waals surface area contributed by atoms with E-state index in [2.05, 4.69) is 0 Å². The van der Waals surface area contributed by atoms with Crippen molar-refractivity contribution >= 4 is 35.0 Å². The van der Waals surface area contributed by atoms with Crippen molar-refractivity contribution in [3.8, 4) is 5.75 Å². The number of para-hydroxylation sites is 2. The molecule has 5 nitrogen and oxygen atoms in total. The summed E-state index contributed by atoms with van der Waals surface area (Å²) < 4.78 is 9.14. The minimum Gasteiger partial charge on any atom is -0.491 e. The molecule has 0 aliphatic rings. The summed E-state index contributed by atoms with van der Waals surface area (Å²) in [7, 11) is 1.84. The zero-order valence-corrected chi connectivity index (χ0v) is 14.7. The second kappa shape index (κ2) is 7.75. The number of imidazole rings is 1. The Hall–Kier alpha value is -1.95. The van der Waals surface area contributed by atoms with E-state index in [0.29, 0.717) is 22.9 Å². The van der Waals surface area contributed by atoms with Crippen molar-refractivity contribution < 1.29 is 9.84 Å². The zero-order valence-electron chi connectivity index (χ0n) is 13.1. The van der Waals surface area contributed by atoms with Crippen LogP contribution in [0.1, 0.15) is 0 Å². The maximum absolute atomic E-state index is 10.2. The summed E-state index contributed by atoms with van der Waals surface area (Å²) in [6, 6.07) is 14.8. The van der Waals surface area contributed by atoms with Gasteiger partial charge in [-0.05, 0) is 36.4 Å². The molecule has 24 heavy (non-hydrogen) atoms. The Morgan fingerprint density at radius 3 is 2.42 bits per heavy atom. The first-order valence-electron chi connectivity index (χ1n) is 7.31. The molecule has 0 amide bonds. The third-order valence-corrected chi connectivity index (χ3v) is 4.01. The predicted octanol–water partition coefficient (Wildman–Crippen LogP) is 2.97. The van der Waals surface area contributed by atoms with Gasteiger partial charge in [-0.1, -0.05) is 23.7 Å². The van der Waals surface area contributed by atoms with Crippen molar-refractivity contribution in [2.45, 2.75) is 12.6 Å². The van der Waals surface area contributed by atoms with Gasteiger partial charge in [0.05, 0.1) is 17.6 Å². The lowest BCUT2D eigenvalue weighted by molar-refractivity contribution is 0.0921. The molecule has 0 aliphatic carbocycles. The molecule has 0 bridgehead atoms. The van der Waals surface area contributed by atoms with Gasteiger partial charge in [-0.2, -0.15) is 0 Å². The summed E-state index contributed by atoms with van der Waals surface area (Å²) in [6.45, 7) is 0.449. The van der Waals surface area contributed by atoms with E-state index >= 15 is 0 Å². The van der Waals surface area contributed by atoms with Crippen LogP contribution in [0.2, 0.25) is 5.02 Å². The molecule has 0 fully saturated rings. The maximum Gasteiger partial charge on any atom is 0.202 e. The quantitative estimate of drug-likeness (QED) is 0.727. The topological polar surface area (TPSA) is 63.2 Å². The van der Waals surface area contributed by atoms with E-state index in [1.807, 2.05) is 31.3 Å². The third-order valence-electron chi connectivity index (χ3n) is 3.76. The van der Waals surface area contributed by atoms with Gasteiger partial charge in [0.1, 0.15) is 18.5 Å². The molecule has 0 saturated heterocycles. The van der Waals surface area contributed by atoms with Gasteiger partial charge in [0.25, 0.3) is 0 Å². The SMILES string of the molecule is Cl.Cn1c(=N)n(CC(O)COc2ccc(Cl)cc2)c2ccccc21. The summed E-state index contributed by atoms with van der Waals surface area (Å²) in [6.07, 6.45) is -0.717. The fraction of sp³-hybridized carbons (Fsp3) is 0.235. The Bertz CT molecular complexity index is 872. The molecule has 1 aromatic heterocycles. The molecule has 0 radical (unpaired) electrons. The monoisotopic (exact) mass is 367 g/mol. The van der Waals surface area contributed by atoms with Crippen LogP contribution in [-0.4, -0.2) is 27.0 Å². The van der Waals surface area contributed by atoms with Crippen LogP contribution >= 0.6 is 24.0 Å². The smallest absolute Gasteiger partial charge is 0.202 e. The number of aryl methyl sites for hydroxylation is 1. The largest absolute Gasteiger partial charge is 0.491 e. The minimum atomic E-state index is -0.717. The van der Waals surface area contributed by atoms with Crippen LogP contribution in [-0.2, 0) is 13.6 Å². The van der Waals surface area contributed by atoms with E-state index in [1.165, 1.54) is 0 Å². The van der Waals surface area contributed by atoms with Gasteiger partial charge in [-0.3, -0.25) is 5.41 Å². The van der Waals surface area contributed by atoms with Crippen LogP contribution in [0.15, 0.2) is 48.5 Å². The predicted molar refractivity (Wildman–Crippen MR) is 97.0 cm³/mol. The summed E-state index contributed by atoms with van der Waals surface area (Å²) in [5.74, 6) is 0.655. The first-order chi connectivity index (χ1) is 11.1. The Labute approximate surface area is 151 Å². The number of aliphatic hydroxyl groups is 1. The number of ether oxygens (including phenoxy) is 1. The number of aliphatic hydroxyl groups excluding tert-OH is 1. The fourth-order valence-electron chi connectivity index (χ4n) is 2.56. The Morgan fingerprint density at radius 1 is 1.12 bits per heavy atom. The van der Waals surface area contributed by atoms with Crippen LogP contribution in [0.25, 0.3) is 11.0 Å². The average Bonchev–Trinajstić information content (AvgIpc) is 2.80. The highest BCUT2D eigenvalue weighted by Crippen LogP contribution is 2.16. The average molecular weight is 368 g/mol. The summed E-state index contributed by atoms with van der Waals surface area (Å²) in [5, 5.41) is 19.1. The van der Waals surface area contributed by atoms with Crippen molar-refractivity contribution in [3.63, 3.8) is 0 Å². The second-order valence-corrected chi connectivity index (χ2v) is 5.84. The van der Waals surface area contributed by atoms with Gasteiger partial charge in [0, 0.05) is 12.1 Å². The first-order valence-corrected chi connectivity index (χ1v) is 7.69. The molecular weight excluding hydrogens is 349 g/mol. The normalized spacial score (nSPS) is 12.0. The number of nitrogens with one attached hydrogen (secondary N) is 1. The second-order valence-electron chi connectivity index (χ2n) is 5.40. The van der Waals surface area contributed by atoms with E-state index in [9.17, 15) is 5.11 Å². The highest BCUT2D eigenvalue weighted by molar-refractivity contribution is 6.30. The standard InChI is InChI=1S/C17H18ClN3O2.ClH/c1-20-15-4-2-3-5-16(15)21(17(20)19)10-13(22)11-23-14-8-6-12(18)7-9-14;/h2-9,13,19,22H,10-11H2,1H3;1H. The molecule has 1 atom stereocenters. The van der Waals surface area contributed by atoms with Crippen LogP contribution in [0.3, 0.4) is 0 Å². The van der Waals surface area contributed by atoms with Crippen LogP contribution in [0, 0.1) is 5.41 Å². The number of nitrogens with zero attached hydrogens (tertiary/aromatic N) is 2. The van der Waals surface area contributed by atoms with E-state index in [0.717, 1.165) is 11.0 Å². The third kappa shape index (κ3) is 3.75. The number of halogens is 2. The lowest BCUT2D eigenvalue weighted by atomic mass is 10.3. The lowest BCUT2D eigenvalue weighted by Crippen LogP contribution is -2.30. The number of hydrogen-bond acceptors (Lipinski definition) is 3. The van der Waals surface area contributed by atoms with Crippen LogP contribution in [0.4, 0.5) is 0 Å². The van der Waals surface area contributed by atoms with E-state index < -0.39 is 6.10 Å². The Morgan fingerprint density at radius 2 is 1.75 bits per heavy atom. The highest BCUT2D eigenvalue weighted by atomic mass is 35.5. The molecule has 1 unspecified atom stereocenters. The summed E-state index contributed by atoms with van der Waals surface area (Å²) >= 11 is 5.83. The molecule has 0 spiro atoms. The zero-order chi connectivity index (χ0) is 16.4. The number of hydrogen-bond donors (Lipinski definition) is 2. The minimum absolute atomic E-state index is 0. The van der Waals surface area contributed by atoms with Gasteiger partial charge >= 0.3 is 0 Å². The van der Waals surface area contributed by atoms with E-state index in [4.69, 9.17) is 21.7 Å². The highest BCUT2D eigenvalue weighted by Gasteiger charge is 2.12. The summed E-state index contributed by atoms with van der Waals surface area (Å²) in [4.78, 5) is 0. The maximum atomic E-state index is 10.2. The van der Waals surface area contributed by atoms with E-state index in [-0.39, 0.29) is 19.0 Å². The molecule has 2 N–H and O–H groups in total. The molecule has 0 aliphatic heterocycles. The van der Waals surface area contributed by atoms with Crippen molar-refractivity contribution in [2.24, 2.45) is 7.05 Å².